The Kier molecular flexibility index (Phi) is 4.35. The lowest BCUT2D eigenvalue weighted by Gasteiger charge is -2.07. The van der Waals surface area contributed by atoms with Crippen molar-refractivity contribution in [2.75, 3.05) is 6.54 Å². The summed E-state index contributed by atoms with van der Waals surface area (Å²) < 4.78 is 39.4. The van der Waals surface area contributed by atoms with Gasteiger partial charge in [0, 0.05) is 31.1 Å². The van der Waals surface area contributed by atoms with Crippen LogP contribution in [0.4, 0.5) is 13.2 Å². The first kappa shape index (κ1) is 14.9. The number of carbonyl (C=O) groups excluding carboxylic acids is 1. The van der Waals surface area contributed by atoms with Gasteiger partial charge in [-0.25, -0.2) is 0 Å². The molecule has 7 heteroatoms. The minimum absolute atomic E-state index is 0.151. The van der Waals surface area contributed by atoms with Crippen molar-refractivity contribution >= 4 is 5.91 Å². The molecule has 0 aliphatic heterocycles. The van der Waals surface area contributed by atoms with Gasteiger partial charge in [0.2, 0.25) is 5.91 Å². The number of rotatable bonds is 6. The van der Waals surface area contributed by atoms with Gasteiger partial charge in [0.25, 0.3) is 0 Å². The summed E-state index contributed by atoms with van der Waals surface area (Å²) in [4.78, 5) is 11.5. The molecule has 2 rings (SSSR count). The number of carbonyl (C=O) groups is 1. The second kappa shape index (κ2) is 5.85. The molecule has 0 atom stereocenters. The molecule has 1 heterocycles. The minimum Gasteiger partial charge on any atom is -0.356 e. The van der Waals surface area contributed by atoms with Crippen LogP contribution in [0, 0.1) is 0 Å². The maximum atomic E-state index is 12.7. The van der Waals surface area contributed by atoms with Crippen molar-refractivity contribution in [1.29, 1.82) is 0 Å². The second-order valence-electron chi connectivity index (χ2n) is 5.05. The molecule has 1 aromatic rings. The molecular formula is C13H18F3N3O. The van der Waals surface area contributed by atoms with E-state index in [1.807, 2.05) is 6.92 Å². The van der Waals surface area contributed by atoms with Gasteiger partial charge in [0.05, 0.1) is 0 Å². The van der Waals surface area contributed by atoms with E-state index in [0.29, 0.717) is 12.2 Å². The summed E-state index contributed by atoms with van der Waals surface area (Å²) in [6.07, 6.45) is -1.66. The Morgan fingerprint density at radius 3 is 2.75 bits per heavy atom. The Hall–Kier alpha value is -1.53. The van der Waals surface area contributed by atoms with Gasteiger partial charge < -0.3 is 5.32 Å². The molecule has 1 amide bonds. The van der Waals surface area contributed by atoms with E-state index in [0.717, 1.165) is 25.3 Å². The Bertz CT molecular complexity index is 478. The Labute approximate surface area is 115 Å². The SMILES string of the molecule is CCCNC(=O)CCn1nc(C(F)(F)F)cc1C1CC1. The van der Waals surface area contributed by atoms with Crippen LogP contribution in [-0.2, 0) is 17.5 Å². The molecule has 1 aliphatic rings. The quantitative estimate of drug-likeness (QED) is 0.875. The number of hydrogen-bond acceptors (Lipinski definition) is 2. The summed E-state index contributed by atoms with van der Waals surface area (Å²) in [5, 5.41) is 6.31. The third kappa shape index (κ3) is 3.74. The van der Waals surface area contributed by atoms with Crippen LogP contribution in [0.25, 0.3) is 0 Å². The predicted octanol–water partition coefficient (Wildman–Crippen LogP) is 2.70. The van der Waals surface area contributed by atoms with Crippen LogP contribution in [0.2, 0.25) is 0 Å². The first-order valence-electron chi connectivity index (χ1n) is 6.83. The van der Waals surface area contributed by atoms with Crippen LogP contribution in [-0.4, -0.2) is 22.2 Å². The fourth-order valence-electron chi connectivity index (χ4n) is 2.02. The van der Waals surface area contributed by atoms with Gasteiger partial charge in [-0.05, 0) is 25.3 Å². The second-order valence-corrected chi connectivity index (χ2v) is 5.05. The molecule has 0 aromatic carbocycles. The van der Waals surface area contributed by atoms with Gasteiger partial charge in [-0.2, -0.15) is 18.3 Å². The molecule has 4 nitrogen and oxygen atoms in total. The smallest absolute Gasteiger partial charge is 0.356 e. The molecule has 1 aromatic heterocycles. The molecular weight excluding hydrogens is 271 g/mol. The van der Waals surface area contributed by atoms with Crippen molar-refractivity contribution in [3.8, 4) is 0 Å². The molecule has 0 spiro atoms. The highest BCUT2D eigenvalue weighted by Gasteiger charge is 2.37. The van der Waals surface area contributed by atoms with Gasteiger partial charge in [-0.15, -0.1) is 0 Å². The maximum absolute atomic E-state index is 12.7. The van der Waals surface area contributed by atoms with Crippen LogP contribution >= 0.6 is 0 Å². The fourth-order valence-corrected chi connectivity index (χ4v) is 2.02. The zero-order valence-corrected chi connectivity index (χ0v) is 11.3. The molecule has 112 valence electrons. The number of amides is 1. The zero-order chi connectivity index (χ0) is 14.8. The lowest BCUT2D eigenvalue weighted by atomic mass is 10.2. The Morgan fingerprint density at radius 1 is 1.50 bits per heavy atom. The highest BCUT2D eigenvalue weighted by Crippen LogP contribution is 2.42. The van der Waals surface area contributed by atoms with Gasteiger partial charge >= 0.3 is 6.18 Å². The molecule has 0 radical (unpaired) electrons. The topological polar surface area (TPSA) is 46.9 Å². The van der Waals surface area contributed by atoms with Gasteiger partial charge in [0.1, 0.15) is 0 Å². The highest BCUT2D eigenvalue weighted by atomic mass is 19.4. The number of aromatic nitrogens is 2. The fraction of sp³-hybridized carbons (Fsp3) is 0.692. The lowest BCUT2D eigenvalue weighted by Crippen LogP contribution is -2.25. The zero-order valence-electron chi connectivity index (χ0n) is 11.3. The van der Waals surface area contributed by atoms with Gasteiger partial charge in [0.15, 0.2) is 5.69 Å². The van der Waals surface area contributed by atoms with Crippen LogP contribution in [0.5, 0.6) is 0 Å². The lowest BCUT2D eigenvalue weighted by molar-refractivity contribution is -0.141. The van der Waals surface area contributed by atoms with E-state index in [2.05, 4.69) is 10.4 Å². The van der Waals surface area contributed by atoms with Crippen molar-refractivity contribution in [2.24, 2.45) is 0 Å². The molecule has 0 unspecified atom stereocenters. The molecule has 1 aliphatic carbocycles. The van der Waals surface area contributed by atoms with E-state index in [4.69, 9.17) is 0 Å². The van der Waals surface area contributed by atoms with E-state index >= 15 is 0 Å². The van der Waals surface area contributed by atoms with Crippen molar-refractivity contribution in [3.63, 3.8) is 0 Å². The van der Waals surface area contributed by atoms with Crippen molar-refractivity contribution in [3.05, 3.63) is 17.5 Å². The van der Waals surface area contributed by atoms with Crippen LogP contribution in [0.1, 0.15) is 49.9 Å². The number of halogens is 3. The van der Waals surface area contributed by atoms with E-state index in [1.165, 1.54) is 4.68 Å². The largest absolute Gasteiger partial charge is 0.435 e. The Morgan fingerprint density at radius 2 is 2.20 bits per heavy atom. The van der Waals surface area contributed by atoms with Gasteiger partial charge in [-0.1, -0.05) is 6.92 Å². The molecule has 0 saturated heterocycles. The van der Waals surface area contributed by atoms with Crippen molar-refractivity contribution in [2.45, 2.75) is 51.2 Å². The third-order valence-electron chi connectivity index (χ3n) is 3.22. The average molecular weight is 289 g/mol. The molecule has 20 heavy (non-hydrogen) atoms. The standard InChI is InChI=1S/C13H18F3N3O/c1-2-6-17-12(20)5-7-19-10(9-3-4-9)8-11(18-19)13(14,15)16/h8-9H,2-7H2,1H3,(H,17,20). The van der Waals surface area contributed by atoms with E-state index in [-0.39, 0.29) is 24.8 Å². The third-order valence-corrected chi connectivity index (χ3v) is 3.22. The summed E-state index contributed by atoms with van der Waals surface area (Å²) in [6, 6.07) is 1.11. The predicted molar refractivity (Wildman–Crippen MR) is 67.1 cm³/mol. The van der Waals surface area contributed by atoms with E-state index in [1.54, 1.807) is 0 Å². The first-order valence-corrected chi connectivity index (χ1v) is 6.83. The number of nitrogens with one attached hydrogen (secondary N) is 1. The van der Waals surface area contributed by atoms with Crippen LogP contribution in [0.3, 0.4) is 0 Å². The molecule has 0 bridgehead atoms. The summed E-state index contributed by atoms with van der Waals surface area (Å²) in [7, 11) is 0. The number of aryl methyl sites for hydroxylation is 1. The van der Waals surface area contributed by atoms with Crippen molar-refractivity contribution < 1.29 is 18.0 Å². The normalized spacial score (nSPS) is 15.4. The minimum atomic E-state index is -4.43. The monoisotopic (exact) mass is 289 g/mol. The number of nitrogens with zero attached hydrogens (tertiary/aromatic N) is 2. The summed E-state index contributed by atoms with van der Waals surface area (Å²) in [5.41, 5.74) is -0.269. The molecule has 1 saturated carbocycles. The van der Waals surface area contributed by atoms with E-state index < -0.39 is 11.9 Å². The number of alkyl halides is 3. The summed E-state index contributed by atoms with van der Waals surface area (Å²) >= 11 is 0. The Balaban J connectivity index is 2.02. The van der Waals surface area contributed by atoms with Crippen LogP contribution in [0.15, 0.2) is 6.07 Å². The van der Waals surface area contributed by atoms with Gasteiger partial charge in [-0.3, -0.25) is 9.48 Å². The van der Waals surface area contributed by atoms with E-state index in [9.17, 15) is 18.0 Å². The summed E-state index contributed by atoms with van der Waals surface area (Å²) in [6.45, 7) is 2.72. The van der Waals surface area contributed by atoms with Crippen molar-refractivity contribution in [1.82, 2.24) is 15.1 Å². The maximum Gasteiger partial charge on any atom is 0.435 e. The molecule has 1 N–H and O–H groups in total. The highest BCUT2D eigenvalue weighted by molar-refractivity contribution is 5.75. The summed E-state index contributed by atoms with van der Waals surface area (Å²) in [5.74, 6) is 0.00922. The first-order chi connectivity index (χ1) is 9.41. The molecule has 1 fully saturated rings. The average Bonchev–Trinajstić information content (AvgIpc) is 3.12. The number of hydrogen-bond donors (Lipinski definition) is 1. The van der Waals surface area contributed by atoms with Crippen LogP contribution < -0.4 is 5.32 Å².